The lowest BCUT2D eigenvalue weighted by Gasteiger charge is -2.16. The Kier molecular flexibility index (Phi) is 5.23. The molecule has 5 heteroatoms. The molecule has 0 unspecified atom stereocenters. The van der Waals surface area contributed by atoms with Gasteiger partial charge in [0.1, 0.15) is 0 Å². The van der Waals surface area contributed by atoms with Crippen molar-refractivity contribution < 1.29 is 19.1 Å². The van der Waals surface area contributed by atoms with Gasteiger partial charge in [-0.2, -0.15) is 0 Å². The number of carbonyl (C=O) groups excluding carboxylic acids is 3. The van der Waals surface area contributed by atoms with Crippen LogP contribution < -0.4 is 0 Å². The number of hydrogen-bond acceptors (Lipinski definition) is 4. The summed E-state index contributed by atoms with van der Waals surface area (Å²) in [5, 5.41) is 0. The number of Topliss-reactive ketones (excluding diaryl/α,β-unsaturated/α-hetero) is 1. The van der Waals surface area contributed by atoms with Gasteiger partial charge in [-0.1, -0.05) is 29.8 Å². The van der Waals surface area contributed by atoms with Crippen molar-refractivity contribution in [2.45, 2.75) is 19.9 Å². The van der Waals surface area contributed by atoms with Gasteiger partial charge < -0.3 is 9.64 Å². The summed E-state index contributed by atoms with van der Waals surface area (Å²) < 4.78 is 4.26. The van der Waals surface area contributed by atoms with Crippen molar-refractivity contribution in [2.24, 2.45) is 0 Å². The second kappa shape index (κ2) is 6.68. The van der Waals surface area contributed by atoms with Crippen LogP contribution in [-0.4, -0.2) is 36.7 Å². The standard InChI is InChI=1S/C14H17NO4/c1-10-4-6-11(7-5-10)9-15(2)13(17)8-12(16)14(18)19-3/h4-7H,8-9H2,1-3H3. The molecule has 19 heavy (non-hydrogen) atoms. The first-order chi connectivity index (χ1) is 8.93. The third-order valence-electron chi connectivity index (χ3n) is 2.69. The van der Waals surface area contributed by atoms with Gasteiger partial charge in [-0.25, -0.2) is 4.79 Å². The van der Waals surface area contributed by atoms with Gasteiger partial charge in [-0.05, 0) is 12.5 Å². The molecule has 0 aromatic heterocycles. The molecule has 0 saturated heterocycles. The van der Waals surface area contributed by atoms with E-state index in [9.17, 15) is 14.4 Å². The molecule has 0 radical (unpaired) electrons. The predicted octanol–water partition coefficient (Wildman–Crippen LogP) is 1.09. The maximum absolute atomic E-state index is 11.7. The fourth-order valence-corrected chi connectivity index (χ4v) is 1.51. The number of hydrogen-bond donors (Lipinski definition) is 0. The van der Waals surface area contributed by atoms with Crippen molar-refractivity contribution >= 4 is 17.7 Å². The first-order valence-electron chi connectivity index (χ1n) is 5.84. The van der Waals surface area contributed by atoms with E-state index in [1.807, 2.05) is 31.2 Å². The Morgan fingerprint density at radius 3 is 2.26 bits per heavy atom. The molecule has 102 valence electrons. The van der Waals surface area contributed by atoms with Crippen LogP contribution in [-0.2, 0) is 25.7 Å². The van der Waals surface area contributed by atoms with E-state index in [1.165, 1.54) is 4.90 Å². The predicted molar refractivity (Wildman–Crippen MR) is 69.3 cm³/mol. The third kappa shape index (κ3) is 4.54. The van der Waals surface area contributed by atoms with Crippen molar-refractivity contribution in [3.63, 3.8) is 0 Å². The van der Waals surface area contributed by atoms with E-state index >= 15 is 0 Å². The fraction of sp³-hybridized carbons (Fsp3) is 0.357. The molecule has 0 fully saturated rings. The number of benzene rings is 1. The Morgan fingerprint density at radius 2 is 1.74 bits per heavy atom. The molecule has 0 N–H and O–H groups in total. The molecule has 0 spiro atoms. The Morgan fingerprint density at radius 1 is 1.16 bits per heavy atom. The Hall–Kier alpha value is -2.17. The molecule has 1 rings (SSSR count). The lowest BCUT2D eigenvalue weighted by Crippen LogP contribution is -2.30. The van der Waals surface area contributed by atoms with Crippen LogP contribution in [0.3, 0.4) is 0 Å². The van der Waals surface area contributed by atoms with Crippen LogP contribution in [0.2, 0.25) is 0 Å². The molecule has 0 aliphatic heterocycles. The third-order valence-corrected chi connectivity index (χ3v) is 2.69. The van der Waals surface area contributed by atoms with E-state index < -0.39 is 24.1 Å². The van der Waals surface area contributed by atoms with Gasteiger partial charge in [0, 0.05) is 13.6 Å². The van der Waals surface area contributed by atoms with Crippen LogP contribution in [0, 0.1) is 6.92 Å². The summed E-state index contributed by atoms with van der Waals surface area (Å²) in [5.74, 6) is -2.23. The van der Waals surface area contributed by atoms with Crippen molar-refractivity contribution in [3.05, 3.63) is 35.4 Å². The molecule has 5 nitrogen and oxygen atoms in total. The molecule has 1 aromatic carbocycles. The smallest absolute Gasteiger partial charge is 0.374 e. The van der Waals surface area contributed by atoms with E-state index in [-0.39, 0.29) is 0 Å². The van der Waals surface area contributed by atoms with Crippen LogP contribution in [0.1, 0.15) is 17.5 Å². The molecule has 0 bridgehead atoms. The highest BCUT2D eigenvalue weighted by molar-refractivity contribution is 6.36. The van der Waals surface area contributed by atoms with Crippen molar-refractivity contribution in [1.29, 1.82) is 0 Å². The largest absolute Gasteiger partial charge is 0.463 e. The Balaban J connectivity index is 2.55. The highest BCUT2D eigenvalue weighted by atomic mass is 16.5. The molecule has 0 heterocycles. The van der Waals surface area contributed by atoms with E-state index in [2.05, 4.69) is 4.74 Å². The zero-order chi connectivity index (χ0) is 14.4. The number of aryl methyl sites for hydroxylation is 1. The molecule has 0 saturated carbocycles. The summed E-state index contributed by atoms with van der Waals surface area (Å²) in [6, 6.07) is 7.74. The minimum Gasteiger partial charge on any atom is -0.463 e. The molecule has 0 aliphatic rings. The minimum absolute atomic E-state index is 0.396. The average Bonchev–Trinajstić information content (AvgIpc) is 2.40. The zero-order valence-electron chi connectivity index (χ0n) is 11.3. The van der Waals surface area contributed by atoms with Crippen LogP contribution in [0.15, 0.2) is 24.3 Å². The summed E-state index contributed by atoms with van der Waals surface area (Å²) in [7, 11) is 2.70. The monoisotopic (exact) mass is 263 g/mol. The molecular formula is C14H17NO4. The molecule has 0 atom stereocenters. The number of rotatable bonds is 5. The first-order valence-corrected chi connectivity index (χ1v) is 5.84. The zero-order valence-corrected chi connectivity index (χ0v) is 11.3. The first kappa shape index (κ1) is 14.9. The Bertz CT molecular complexity index is 479. The normalized spacial score (nSPS) is 9.84. The number of ketones is 1. The molecule has 1 aromatic rings. The lowest BCUT2D eigenvalue weighted by atomic mass is 10.1. The van der Waals surface area contributed by atoms with Crippen LogP contribution in [0.25, 0.3) is 0 Å². The number of esters is 1. The Labute approximate surface area is 112 Å². The highest BCUT2D eigenvalue weighted by Gasteiger charge is 2.20. The number of methoxy groups -OCH3 is 1. The topological polar surface area (TPSA) is 63.7 Å². The fourth-order valence-electron chi connectivity index (χ4n) is 1.51. The van der Waals surface area contributed by atoms with Gasteiger partial charge in [0.25, 0.3) is 0 Å². The maximum Gasteiger partial charge on any atom is 0.374 e. The second-order valence-electron chi connectivity index (χ2n) is 4.33. The summed E-state index contributed by atoms with van der Waals surface area (Å²) >= 11 is 0. The van der Waals surface area contributed by atoms with E-state index in [4.69, 9.17) is 0 Å². The van der Waals surface area contributed by atoms with Gasteiger partial charge >= 0.3 is 5.97 Å². The van der Waals surface area contributed by atoms with Gasteiger partial charge in [0.05, 0.1) is 13.5 Å². The summed E-state index contributed by atoms with van der Waals surface area (Å²) in [6.45, 7) is 2.38. The van der Waals surface area contributed by atoms with E-state index in [0.29, 0.717) is 6.54 Å². The van der Waals surface area contributed by atoms with Gasteiger partial charge in [-0.3, -0.25) is 9.59 Å². The van der Waals surface area contributed by atoms with E-state index in [0.717, 1.165) is 18.2 Å². The van der Waals surface area contributed by atoms with E-state index in [1.54, 1.807) is 7.05 Å². The van der Waals surface area contributed by atoms with Crippen molar-refractivity contribution in [2.75, 3.05) is 14.2 Å². The van der Waals surface area contributed by atoms with Gasteiger partial charge in [0.2, 0.25) is 11.7 Å². The number of nitrogens with zero attached hydrogens (tertiary/aromatic N) is 1. The molecular weight excluding hydrogens is 246 g/mol. The maximum atomic E-state index is 11.7. The number of ether oxygens (including phenoxy) is 1. The summed E-state index contributed by atoms with van der Waals surface area (Å²) in [4.78, 5) is 35.3. The van der Waals surface area contributed by atoms with Crippen LogP contribution in [0.4, 0.5) is 0 Å². The lowest BCUT2D eigenvalue weighted by molar-refractivity contribution is -0.153. The summed E-state index contributed by atoms with van der Waals surface area (Å²) in [5.41, 5.74) is 2.10. The van der Waals surface area contributed by atoms with Crippen LogP contribution >= 0.6 is 0 Å². The minimum atomic E-state index is -0.989. The number of carbonyl (C=O) groups is 3. The second-order valence-corrected chi connectivity index (χ2v) is 4.33. The van der Waals surface area contributed by atoms with Crippen molar-refractivity contribution in [3.8, 4) is 0 Å². The highest BCUT2D eigenvalue weighted by Crippen LogP contribution is 2.07. The number of amides is 1. The molecule has 0 aliphatic carbocycles. The summed E-state index contributed by atoms with van der Waals surface area (Å²) in [6.07, 6.45) is -0.463. The van der Waals surface area contributed by atoms with Crippen molar-refractivity contribution in [1.82, 2.24) is 4.90 Å². The molecule has 1 amide bonds. The van der Waals surface area contributed by atoms with Gasteiger partial charge in [-0.15, -0.1) is 0 Å². The SMILES string of the molecule is COC(=O)C(=O)CC(=O)N(C)Cc1ccc(C)cc1. The van der Waals surface area contributed by atoms with Crippen LogP contribution in [0.5, 0.6) is 0 Å². The van der Waals surface area contributed by atoms with Gasteiger partial charge in [0.15, 0.2) is 0 Å². The average molecular weight is 263 g/mol. The quantitative estimate of drug-likeness (QED) is 0.453.